The van der Waals surface area contributed by atoms with Gasteiger partial charge in [0.25, 0.3) is 5.91 Å². The van der Waals surface area contributed by atoms with Crippen molar-refractivity contribution in [2.45, 2.75) is 19.4 Å². The van der Waals surface area contributed by atoms with Gasteiger partial charge in [-0.1, -0.05) is 0 Å². The zero-order valence-electron chi connectivity index (χ0n) is 9.24. The maximum Gasteiger partial charge on any atom is 0.305 e. The second-order valence-corrected chi connectivity index (χ2v) is 4.56. The molecule has 0 spiro atoms. The number of nitrogens with two attached hydrogens (primary N) is 1. The van der Waals surface area contributed by atoms with Crippen molar-refractivity contribution in [3.05, 3.63) is 28.2 Å². The van der Waals surface area contributed by atoms with E-state index in [-0.39, 0.29) is 12.3 Å². The van der Waals surface area contributed by atoms with Crippen LogP contribution < -0.4 is 11.1 Å². The first-order valence-corrected chi connectivity index (χ1v) is 5.77. The highest BCUT2D eigenvalue weighted by Crippen LogP contribution is 2.20. The maximum atomic E-state index is 11.7. The third-order valence-electron chi connectivity index (χ3n) is 2.12. The van der Waals surface area contributed by atoms with Gasteiger partial charge < -0.3 is 16.2 Å². The van der Waals surface area contributed by atoms with Crippen molar-refractivity contribution >= 4 is 33.5 Å². The van der Waals surface area contributed by atoms with Crippen LogP contribution in [0.3, 0.4) is 0 Å². The van der Waals surface area contributed by atoms with E-state index in [2.05, 4.69) is 21.2 Å². The minimum absolute atomic E-state index is 0.113. The molecular formula is C11H13BrN2O3. The Morgan fingerprint density at radius 3 is 2.71 bits per heavy atom. The lowest BCUT2D eigenvalue weighted by molar-refractivity contribution is -0.137. The van der Waals surface area contributed by atoms with Crippen LogP contribution in [0, 0.1) is 0 Å². The molecule has 0 aliphatic carbocycles. The summed E-state index contributed by atoms with van der Waals surface area (Å²) in [5.74, 6) is -1.29. The second kappa shape index (κ2) is 5.67. The molecule has 1 rings (SSSR count). The lowest BCUT2D eigenvalue weighted by Crippen LogP contribution is -2.34. The number of anilines is 1. The number of hydrogen-bond acceptors (Lipinski definition) is 3. The summed E-state index contributed by atoms with van der Waals surface area (Å²) in [6, 6.07) is 4.40. The molecule has 6 heteroatoms. The maximum absolute atomic E-state index is 11.7. The van der Waals surface area contributed by atoms with Crippen LogP contribution in [0.2, 0.25) is 0 Å². The quantitative estimate of drug-likeness (QED) is 0.737. The van der Waals surface area contributed by atoms with E-state index in [0.29, 0.717) is 15.7 Å². The summed E-state index contributed by atoms with van der Waals surface area (Å²) in [7, 11) is 0. The Hall–Kier alpha value is -1.56. The van der Waals surface area contributed by atoms with Crippen molar-refractivity contribution in [3.8, 4) is 0 Å². The highest BCUT2D eigenvalue weighted by Gasteiger charge is 2.13. The third-order valence-corrected chi connectivity index (χ3v) is 2.84. The topological polar surface area (TPSA) is 92.4 Å². The molecule has 1 aromatic rings. The van der Waals surface area contributed by atoms with Gasteiger partial charge in [0, 0.05) is 21.8 Å². The Kier molecular flexibility index (Phi) is 4.51. The van der Waals surface area contributed by atoms with Crippen molar-refractivity contribution in [1.29, 1.82) is 0 Å². The molecule has 0 saturated heterocycles. The SMILES string of the molecule is CC(CC(=O)O)NC(=O)c1ccc(Br)c(N)c1. The predicted molar refractivity (Wildman–Crippen MR) is 67.7 cm³/mol. The van der Waals surface area contributed by atoms with Crippen LogP contribution >= 0.6 is 15.9 Å². The van der Waals surface area contributed by atoms with Crippen molar-refractivity contribution < 1.29 is 14.7 Å². The minimum atomic E-state index is -0.951. The molecule has 0 bridgehead atoms. The van der Waals surface area contributed by atoms with Gasteiger partial charge in [0.2, 0.25) is 0 Å². The third kappa shape index (κ3) is 4.07. The molecule has 0 fully saturated rings. The molecule has 0 aliphatic heterocycles. The molecule has 0 aromatic heterocycles. The Bertz CT molecular complexity index is 448. The molecule has 5 nitrogen and oxygen atoms in total. The molecule has 1 aromatic carbocycles. The molecule has 4 N–H and O–H groups in total. The number of rotatable bonds is 4. The van der Waals surface area contributed by atoms with Crippen LogP contribution in [0.25, 0.3) is 0 Å². The largest absolute Gasteiger partial charge is 0.481 e. The van der Waals surface area contributed by atoms with E-state index in [1.807, 2.05) is 0 Å². The highest BCUT2D eigenvalue weighted by atomic mass is 79.9. The fourth-order valence-corrected chi connectivity index (χ4v) is 1.55. The number of hydrogen-bond donors (Lipinski definition) is 3. The monoisotopic (exact) mass is 300 g/mol. The van der Waals surface area contributed by atoms with Gasteiger partial charge in [0.1, 0.15) is 0 Å². The first-order chi connectivity index (χ1) is 7.90. The number of carboxylic acids is 1. The summed E-state index contributed by atoms with van der Waals surface area (Å²) < 4.78 is 0.715. The van der Waals surface area contributed by atoms with Gasteiger partial charge in [-0.3, -0.25) is 9.59 Å². The molecule has 1 atom stereocenters. The van der Waals surface area contributed by atoms with Crippen molar-refractivity contribution in [3.63, 3.8) is 0 Å². The van der Waals surface area contributed by atoms with E-state index in [4.69, 9.17) is 10.8 Å². The normalized spacial score (nSPS) is 11.9. The van der Waals surface area contributed by atoms with Gasteiger partial charge >= 0.3 is 5.97 Å². The standard InChI is InChI=1S/C11H13BrN2O3/c1-6(4-10(15)16)14-11(17)7-2-3-8(12)9(13)5-7/h2-3,5-6H,4,13H2,1H3,(H,14,17)(H,15,16). The molecule has 17 heavy (non-hydrogen) atoms. The van der Waals surface area contributed by atoms with Crippen LogP contribution in [0.1, 0.15) is 23.7 Å². The zero-order valence-corrected chi connectivity index (χ0v) is 10.8. The van der Waals surface area contributed by atoms with E-state index in [9.17, 15) is 9.59 Å². The number of amides is 1. The van der Waals surface area contributed by atoms with Crippen molar-refractivity contribution in [2.75, 3.05) is 5.73 Å². The summed E-state index contributed by atoms with van der Waals surface area (Å²) >= 11 is 3.23. The van der Waals surface area contributed by atoms with Crippen LogP contribution in [0.15, 0.2) is 22.7 Å². The first-order valence-electron chi connectivity index (χ1n) is 4.98. The molecular weight excluding hydrogens is 288 g/mol. The van der Waals surface area contributed by atoms with Crippen molar-refractivity contribution in [1.82, 2.24) is 5.32 Å². The summed E-state index contributed by atoms with van der Waals surface area (Å²) in [5.41, 5.74) is 6.52. The molecule has 92 valence electrons. The minimum Gasteiger partial charge on any atom is -0.481 e. The number of benzene rings is 1. The summed E-state index contributed by atoms with van der Waals surface area (Å²) in [4.78, 5) is 22.2. The fraction of sp³-hybridized carbons (Fsp3) is 0.273. The van der Waals surface area contributed by atoms with E-state index >= 15 is 0 Å². The molecule has 0 radical (unpaired) electrons. The number of carbonyl (C=O) groups is 2. The van der Waals surface area contributed by atoms with Crippen LogP contribution in [-0.4, -0.2) is 23.0 Å². The van der Waals surface area contributed by atoms with Crippen molar-refractivity contribution in [2.24, 2.45) is 0 Å². The predicted octanol–water partition coefficient (Wildman–Crippen LogP) is 1.62. The molecule has 0 saturated carbocycles. The smallest absolute Gasteiger partial charge is 0.305 e. The van der Waals surface area contributed by atoms with Gasteiger partial charge in [0.05, 0.1) is 6.42 Å². The van der Waals surface area contributed by atoms with Crippen LogP contribution in [0.5, 0.6) is 0 Å². The summed E-state index contributed by atoms with van der Waals surface area (Å²) in [6.07, 6.45) is -0.113. The number of carboxylic acid groups (broad SMARTS) is 1. The molecule has 1 unspecified atom stereocenters. The number of nitrogen functional groups attached to an aromatic ring is 1. The zero-order chi connectivity index (χ0) is 13.0. The molecule has 0 aliphatic rings. The van der Waals surface area contributed by atoms with Crippen LogP contribution in [0.4, 0.5) is 5.69 Å². The number of aliphatic carboxylic acids is 1. The van der Waals surface area contributed by atoms with E-state index in [1.54, 1.807) is 19.1 Å². The van der Waals surface area contributed by atoms with E-state index in [1.165, 1.54) is 6.07 Å². The molecule has 1 amide bonds. The fourth-order valence-electron chi connectivity index (χ4n) is 1.31. The lowest BCUT2D eigenvalue weighted by atomic mass is 10.1. The van der Waals surface area contributed by atoms with Crippen LogP contribution in [-0.2, 0) is 4.79 Å². The Balaban J connectivity index is 2.70. The average Bonchev–Trinajstić information content (AvgIpc) is 2.20. The average molecular weight is 301 g/mol. The second-order valence-electron chi connectivity index (χ2n) is 3.71. The molecule has 0 heterocycles. The lowest BCUT2D eigenvalue weighted by Gasteiger charge is -2.12. The Morgan fingerprint density at radius 1 is 1.53 bits per heavy atom. The number of nitrogens with one attached hydrogen (secondary N) is 1. The number of halogens is 1. The van der Waals surface area contributed by atoms with E-state index in [0.717, 1.165) is 0 Å². The summed E-state index contributed by atoms with van der Waals surface area (Å²) in [5, 5.41) is 11.2. The number of carbonyl (C=O) groups excluding carboxylic acids is 1. The Labute approximate surface area is 107 Å². The van der Waals surface area contributed by atoms with Gasteiger partial charge in [0.15, 0.2) is 0 Å². The Morgan fingerprint density at radius 2 is 2.18 bits per heavy atom. The van der Waals surface area contributed by atoms with Gasteiger partial charge in [-0.25, -0.2) is 0 Å². The first kappa shape index (κ1) is 13.5. The van der Waals surface area contributed by atoms with Gasteiger partial charge in [-0.15, -0.1) is 0 Å². The highest BCUT2D eigenvalue weighted by molar-refractivity contribution is 9.10. The van der Waals surface area contributed by atoms with E-state index < -0.39 is 12.0 Å². The summed E-state index contributed by atoms with van der Waals surface area (Å²) in [6.45, 7) is 1.63. The van der Waals surface area contributed by atoms with Gasteiger partial charge in [-0.2, -0.15) is 0 Å². The van der Waals surface area contributed by atoms with Gasteiger partial charge in [-0.05, 0) is 41.1 Å².